The highest BCUT2D eigenvalue weighted by Gasteiger charge is 2.23. The Morgan fingerprint density at radius 1 is 0.576 bits per heavy atom. The van der Waals surface area contributed by atoms with Crippen molar-refractivity contribution >= 4 is 13.7 Å². The van der Waals surface area contributed by atoms with Crippen molar-refractivity contribution < 1.29 is 32.9 Å². The summed E-state index contributed by atoms with van der Waals surface area (Å²) in [6, 6.07) is -0.878. The van der Waals surface area contributed by atoms with Crippen molar-refractivity contribution in [2.75, 3.05) is 40.9 Å². The molecule has 3 unspecified atom stereocenters. The second-order valence-corrected chi connectivity index (χ2v) is 20.3. The number of unbranched alkanes of at least 4 members (excludes halogenated alkanes) is 34. The lowest BCUT2D eigenvalue weighted by molar-refractivity contribution is -0.870. The maximum Gasteiger partial charge on any atom is 0.268 e. The van der Waals surface area contributed by atoms with E-state index in [-0.39, 0.29) is 19.1 Å². The Hall–Kier alpha value is -0.760. The quantitative estimate of drug-likeness (QED) is 0.0273. The van der Waals surface area contributed by atoms with E-state index in [1.165, 1.54) is 193 Å². The number of hydrogen-bond acceptors (Lipinski definition) is 6. The van der Waals surface area contributed by atoms with Crippen molar-refractivity contribution in [3.8, 4) is 0 Å². The average Bonchev–Trinajstić information content (AvgIpc) is 3.19. The number of carbonyl (C=O) groups is 1. The lowest BCUT2D eigenvalue weighted by Crippen LogP contribution is -2.45. The molecule has 0 aliphatic heterocycles. The van der Waals surface area contributed by atoms with E-state index >= 15 is 0 Å². The number of phosphoric acid groups is 1. The van der Waals surface area contributed by atoms with Gasteiger partial charge in [-0.25, -0.2) is 0 Å². The number of nitrogens with zero attached hydrogens (tertiary/aromatic N) is 1. The van der Waals surface area contributed by atoms with Crippen LogP contribution in [-0.4, -0.2) is 68.5 Å². The van der Waals surface area contributed by atoms with E-state index in [4.69, 9.17) is 9.05 Å². The number of hydrogen-bond donors (Lipinski definition) is 2. The van der Waals surface area contributed by atoms with E-state index in [9.17, 15) is 19.4 Å². The first-order chi connectivity index (χ1) is 28.5. The van der Waals surface area contributed by atoms with Gasteiger partial charge in [0.25, 0.3) is 7.82 Å². The zero-order chi connectivity index (χ0) is 43.6. The molecule has 1 amide bonds. The van der Waals surface area contributed by atoms with Crippen LogP contribution in [0, 0.1) is 0 Å². The predicted molar refractivity (Wildman–Crippen MR) is 252 cm³/mol. The number of carbonyl (C=O) groups excluding carboxylic acids is 1. The molecule has 0 radical (unpaired) electrons. The monoisotopic (exact) mass is 857 g/mol. The van der Waals surface area contributed by atoms with Gasteiger partial charge in [-0.1, -0.05) is 238 Å². The number of rotatable bonds is 47. The molecule has 0 saturated carbocycles. The highest BCUT2D eigenvalue weighted by molar-refractivity contribution is 7.45. The minimum Gasteiger partial charge on any atom is -0.756 e. The van der Waals surface area contributed by atoms with Crippen LogP contribution in [0.5, 0.6) is 0 Å². The molecule has 8 nitrogen and oxygen atoms in total. The van der Waals surface area contributed by atoms with E-state index in [0.29, 0.717) is 17.4 Å². The van der Waals surface area contributed by atoms with Crippen molar-refractivity contribution in [1.29, 1.82) is 0 Å². The van der Waals surface area contributed by atoms with E-state index in [1.807, 2.05) is 27.2 Å². The molecule has 3 atom stereocenters. The average molecular weight is 857 g/mol. The fourth-order valence-corrected chi connectivity index (χ4v) is 8.41. The molecule has 0 heterocycles. The van der Waals surface area contributed by atoms with Gasteiger partial charge in [0.1, 0.15) is 13.2 Å². The number of quaternary nitrogens is 1. The van der Waals surface area contributed by atoms with Gasteiger partial charge in [-0.05, 0) is 19.3 Å². The first-order valence-corrected chi connectivity index (χ1v) is 27.0. The minimum atomic E-state index is -4.58. The first kappa shape index (κ1) is 58.2. The highest BCUT2D eigenvalue weighted by Crippen LogP contribution is 2.38. The van der Waals surface area contributed by atoms with Gasteiger partial charge in [-0.15, -0.1) is 0 Å². The number of likely N-dealkylation sites (N-methyl/N-ethyl adjacent to an activating group) is 1. The fraction of sp³-hybridized carbons (Fsp3) is 0.940. The molecule has 0 bridgehead atoms. The minimum absolute atomic E-state index is 0.00167. The van der Waals surface area contributed by atoms with Gasteiger partial charge in [-0.3, -0.25) is 9.36 Å². The molecule has 59 heavy (non-hydrogen) atoms. The topological polar surface area (TPSA) is 108 Å². The molecule has 352 valence electrons. The van der Waals surface area contributed by atoms with Crippen LogP contribution < -0.4 is 10.2 Å². The van der Waals surface area contributed by atoms with Crippen LogP contribution >= 0.6 is 7.82 Å². The molecule has 0 rings (SSSR count). The summed E-state index contributed by atoms with van der Waals surface area (Å²) in [5.41, 5.74) is 0. The smallest absolute Gasteiger partial charge is 0.268 e. The summed E-state index contributed by atoms with van der Waals surface area (Å²) < 4.78 is 23.1. The van der Waals surface area contributed by atoms with Gasteiger partial charge in [0.05, 0.1) is 39.9 Å². The molecule has 0 aromatic rings. The number of aliphatic hydroxyl groups is 1. The van der Waals surface area contributed by atoms with Crippen molar-refractivity contribution in [3.05, 3.63) is 12.2 Å². The van der Waals surface area contributed by atoms with Crippen molar-refractivity contribution in [2.24, 2.45) is 0 Å². The Balaban J connectivity index is 3.93. The SMILES string of the molecule is CCCCCCCC/C=C/C(O)C(COP(=O)([O-])OCC[N+](C)(C)C)NC(=O)CCCCCCCCCCCCCCCCCCCCCCCCCCCCCCC. The Morgan fingerprint density at radius 2 is 0.915 bits per heavy atom. The van der Waals surface area contributed by atoms with Gasteiger partial charge >= 0.3 is 0 Å². The first-order valence-electron chi connectivity index (χ1n) is 25.6. The summed E-state index contributed by atoms with van der Waals surface area (Å²) in [5.74, 6) is -0.196. The molecule has 0 aromatic carbocycles. The van der Waals surface area contributed by atoms with Gasteiger partial charge in [0.2, 0.25) is 5.91 Å². The number of allylic oxidation sites excluding steroid dienone is 1. The maximum atomic E-state index is 12.8. The summed E-state index contributed by atoms with van der Waals surface area (Å²) >= 11 is 0. The molecule has 0 spiro atoms. The molecule has 0 aromatic heterocycles. The largest absolute Gasteiger partial charge is 0.756 e. The highest BCUT2D eigenvalue weighted by atomic mass is 31.2. The van der Waals surface area contributed by atoms with Crippen molar-refractivity contribution in [3.63, 3.8) is 0 Å². The summed E-state index contributed by atoms with van der Waals surface area (Å²) in [4.78, 5) is 25.2. The fourth-order valence-electron chi connectivity index (χ4n) is 7.68. The van der Waals surface area contributed by atoms with E-state index in [0.717, 1.165) is 38.5 Å². The Labute approximate surface area is 367 Å². The van der Waals surface area contributed by atoms with Crippen LogP contribution in [0.3, 0.4) is 0 Å². The molecule has 9 heteroatoms. The second-order valence-electron chi connectivity index (χ2n) is 18.9. The van der Waals surface area contributed by atoms with Gasteiger partial charge in [0.15, 0.2) is 0 Å². The molecule has 0 fully saturated rings. The molecular formula is C50H101N2O6P. The van der Waals surface area contributed by atoms with Gasteiger partial charge in [0, 0.05) is 6.42 Å². The summed E-state index contributed by atoms with van der Waals surface area (Å²) in [6.45, 7) is 4.63. The Bertz CT molecular complexity index is 974. The predicted octanol–water partition coefficient (Wildman–Crippen LogP) is 14.1. The van der Waals surface area contributed by atoms with Gasteiger partial charge in [-0.2, -0.15) is 0 Å². The molecule has 2 N–H and O–H groups in total. The number of phosphoric ester groups is 1. The van der Waals surface area contributed by atoms with Crippen LogP contribution in [0.15, 0.2) is 12.2 Å². The third-order valence-electron chi connectivity index (χ3n) is 11.7. The lowest BCUT2D eigenvalue weighted by Gasteiger charge is -2.29. The summed E-state index contributed by atoms with van der Waals surface area (Å²) in [5, 5.41) is 13.7. The van der Waals surface area contributed by atoms with E-state index in [2.05, 4.69) is 19.2 Å². The molecular weight excluding hydrogens is 756 g/mol. The van der Waals surface area contributed by atoms with E-state index < -0.39 is 20.0 Å². The van der Waals surface area contributed by atoms with Crippen LogP contribution in [0.4, 0.5) is 0 Å². The molecule has 0 aliphatic carbocycles. The zero-order valence-electron chi connectivity index (χ0n) is 40.0. The lowest BCUT2D eigenvalue weighted by atomic mass is 10.0. The Kier molecular flexibility index (Phi) is 42.0. The number of nitrogens with one attached hydrogen (secondary N) is 1. The number of amides is 1. The van der Waals surface area contributed by atoms with Crippen LogP contribution in [0.2, 0.25) is 0 Å². The van der Waals surface area contributed by atoms with Crippen LogP contribution in [0.25, 0.3) is 0 Å². The zero-order valence-corrected chi connectivity index (χ0v) is 40.9. The normalized spacial score (nSPS) is 14.2. The summed E-state index contributed by atoms with van der Waals surface area (Å²) in [6.07, 6.45) is 50.2. The molecule has 0 saturated heterocycles. The standard InChI is InChI=1S/C50H101N2O6P/c1-6-8-10-12-14-16-17-18-19-20-21-22-23-24-25-26-27-28-29-30-31-32-33-34-35-36-38-40-42-44-50(54)51-48(47-58-59(55,56)57-46-45-52(3,4)5)49(53)43-41-39-37-15-13-11-9-7-2/h41,43,48-49,53H,6-40,42,44-47H2,1-5H3,(H-,51,54,55,56)/b43-41+. The third kappa shape index (κ3) is 45.1. The van der Waals surface area contributed by atoms with Crippen molar-refractivity contribution in [1.82, 2.24) is 5.32 Å². The van der Waals surface area contributed by atoms with Crippen LogP contribution in [-0.2, 0) is 18.4 Å². The van der Waals surface area contributed by atoms with Crippen molar-refractivity contribution in [2.45, 2.75) is 264 Å². The van der Waals surface area contributed by atoms with E-state index in [1.54, 1.807) is 6.08 Å². The van der Waals surface area contributed by atoms with Gasteiger partial charge < -0.3 is 28.8 Å². The number of aliphatic hydroxyl groups excluding tert-OH is 1. The Morgan fingerprint density at radius 3 is 1.27 bits per heavy atom. The second kappa shape index (κ2) is 42.5. The third-order valence-corrected chi connectivity index (χ3v) is 12.7. The van der Waals surface area contributed by atoms with Crippen LogP contribution in [0.1, 0.15) is 251 Å². The maximum absolute atomic E-state index is 12.8. The molecule has 0 aliphatic rings. The summed E-state index contributed by atoms with van der Waals surface area (Å²) in [7, 11) is 1.27.